The summed E-state index contributed by atoms with van der Waals surface area (Å²) in [4.78, 5) is 31.9. The molecule has 0 bridgehead atoms. The van der Waals surface area contributed by atoms with Gasteiger partial charge in [-0.3, -0.25) is 9.20 Å². The second-order valence-electron chi connectivity index (χ2n) is 11.5. The van der Waals surface area contributed by atoms with Gasteiger partial charge >= 0.3 is 6.09 Å². The van der Waals surface area contributed by atoms with Crippen molar-refractivity contribution in [2.75, 3.05) is 13.1 Å². The number of alkyl carbamates (subject to hydrolysis) is 1. The van der Waals surface area contributed by atoms with Crippen LogP contribution in [-0.4, -0.2) is 50.5 Å². The number of nitrogens with one attached hydrogen (secondary N) is 1. The first-order valence-electron chi connectivity index (χ1n) is 13.4. The summed E-state index contributed by atoms with van der Waals surface area (Å²) in [5.74, 6) is -0.0148. The lowest BCUT2D eigenvalue weighted by molar-refractivity contribution is 0.0396. The van der Waals surface area contributed by atoms with E-state index in [1.54, 1.807) is 12.1 Å². The molecule has 2 aromatic carbocycles. The number of nitriles is 1. The molecule has 1 N–H and O–H groups in total. The van der Waals surface area contributed by atoms with Gasteiger partial charge in [-0.05, 0) is 88.1 Å². The number of carbonyl (C=O) groups excluding carboxylic acids is 2. The van der Waals surface area contributed by atoms with E-state index in [-0.39, 0.29) is 5.91 Å². The van der Waals surface area contributed by atoms with Crippen molar-refractivity contribution in [1.82, 2.24) is 19.6 Å². The van der Waals surface area contributed by atoms with Crippen LogP contribution in [0.25, 0.3) is 28.0 Å². The van der Waals surface area contributed by atoms with Gasteiger partial charge < -0.3 is 15.0 Å². The highest BCUT2D eigenvalue weighted by Crippen LogP contribution is 2.27. The number of rotatable bonds is 4. The second-order valence-corrected chi connectivity index (χ2v) is 11.5. The fraction of sp³-hybridized carbons (Fsp3) is 0.312. The zero-order chi connectivity index (χ0) is 28.5. The molecule has 1 aliphatic rings. The number of fused-ring (bicyclic) bond motifs is 1. The Hall–Kier alpha value is -4.64. The van der Waals surface area contributed by atoms with Crippen molar-refractivity contribution in [3.05, 3.63) is 84.2 Å². The van der Waals surface area contributed by atoms with E-state index in [9.17, 15) is 9.59 Å². The van der Waals surface area contributed by atoms with Crippen molar-refractivity contribution in [2.45, 2.75) is 51.7 Å². The number of ether oxygens (including phenoxy) is 1. The first-order valence-corrected chi connectivity index (χ1v) is 13.4. The van der Waals surface area contributed by atoms with Crippen LogP contribution in [0.5, 0.6) is 0 Å². The molecule has 3 heterocycles. The van der Waals surface area contributed by atoms with Crippen LogP contribution in [-0.2, 0) is 4.74 Å². The number of aromatic nitrogens is 2. The zero-order valence-electron chi connectivity index (χ0n) is 23.3. The van der Waals surface area contributed by atoms with E-state index in [0.29, 0.717) is 37.1 Å². The summed E-state index contributed by atoms with van der Waals surface area (Å²) in [6.45, 7) is 8.63. The highest BCUT2D eigenvalue weighted by Gasteiger charge is 2.34. The molecule has 0 aliphatic carbocycles. The van der Waals surface area contributed by atoms with E-state index in [1.807, 2.05) is 97.9 Å². The van der Waals surface area contributed by atoms with Gasteiger partial charge in [0.2, 0.25) is 0 Å². The molecule has 8 heteroatoms. The Morgan fingerprint density at radius 1 is 0.950 bits per heavy atom. The lowest BCUT2D eigenvalue weighted by Gasteiger charge is -2.40. The van der Waals surface area contributed by atoms with Crippen LogP contribution in [0.4, 0.5) is 4.79 Å². The fourth-order valence-corrected chi connectivity index (χ4v) is 4.95. The first-order chi connectivity index (χ1) is 19.0. The Morgan fingerprint density at radius 2 is 1.57 bits per heavy atom. The maximum Gasteiger partial charge on any atom is 0.408 e. The number of hydrogen-bond acceptors (Lipinski definition) is 5. The summed E-state index contributed by atoms with van der Waals surface area (Å²) in [5.41, 5.74) is 5.01. The van der Waals surface area contributed by atoms with E-state index < -0.39 is 17.2 Å². The molecular formula is C32H33N5O3. The van der Waals surface area contributed by atoms with Gasteiger partial charge in [-0.2, -0.15) is 5.26 Å². The molecule has 0 atom stereocenters. The van der Waals surface area contributed by atoms with Gasteiger partial charge in [0.1, 0.15) is 11.2 Å². The molecule has 1 fully saturated rings. The van der Waals surface area contributed by atoms with Gasteiger partial charge in [-0.1, -0.05) is 24.3 Å². The van der Waals surface area contributed by atoms with E-state index in [1.165, 1.54) is 0 Å². The second kappa shape index (κ2) is 10.5. The summed E-state index contributed by atoms with van der Waals surface area (Å²) < 4.78 is 7.44. The van der Waals surface area contributed by atoms with E-state index in [2.05, 4.69) is 16.4 Å². The molecule has 0 saturated carbocycles. The number of amides is 2. The average molecular weight is 536 g/mol. The van der Waals surface area contributed by atoms with E-state index in [4.69, 9.17) is 10.00 Å². The number of imidazole rings is 1. The van der Waals surface area contributed by atoms with Gasteiger partial charge in [0, 0.05) is 36.0 Å². The van der Waals surface area contributed by atoms with Crippen molar-refractivity contribution >= 4 is 17.6 Å². The third-order valence-electron chi connectivity index (χ3n) is 7.24. The summed E-state index contributed by atoms with van der Waals surface area (Å²) in [5, 5.41) is 12.1. The van der Waals surface area contributed by atoms with Crippen molar-refractivity contribution in [3.8, 4) is 28.5 Å². The number of benzene rings is 2. The minimum Gasteiger partial charge on any atom is -0.444 e. The molecule has 5 rings (SSSR count). The summed E-state index contributed by atoms with van der Waals surface area (Å²) in [6.07, 6.45) is 4.75. The normalized spacial score (nSPS) is 14.9. The van der Waals surface area contributed by atoms with Crippen LogP contribution >= 0.6 is 0 Å². The maximum absolute atomic E-state index is 13.2. The minimum absolute atomic E-state index is 0.0148. The molecule has 0 spiro atoms. The van der Waals surface area contributed by atoms with Crippen molar-refractivity contribution in [3.63, 3.8) is 0 Å². The highest BCUT2D eigenvalue weighted by atomic mass is 16.6. The maximum atomic E-state index is 13.2. The number of piperidine rings is 1. The molecule has 8 nitrogen and oxygen atoms in total. The van der Waals surface area contributed by atoms with Crippen LogP contribution in [0, 0.1) is 11.3 Å². The van der Waals surface area contributed by atoms with Gasteiger partial charge in [0.25, 0.3) is 5.91 Å². The molecular weight excluding hydrogens is 502 g/mol. The molecule has 1 saturated heterocycles. The molecule has 40 heavy (non-hydrogen) atoms. The lowest BCUT2D eigenvalue weighted by atomic mass is 9.89. The number of hydrogen-bond donors (Lipinski definition) is 1. The van der Waals surface area contributed by atoms with Gasteiger partial charge in [-0.15, -0.1) is 0 Å². The molecule has 204 valence electrons. The molecule has 1 aliphatic heterocycles. The standard InChI is InChI=1S/C32H33N5O3/c1-31(2,3)40-30(39)35-32(4)15-17-36(18-16-32)29(38)25-11-9-23(10-12-25)26-13-14-28-34-20-27(37(28)21-26)24-7-5-22(19-33)6-8-24/h5-14,20-21H,15-18H2,1-4H3,(H,35,39). The molecule has 0 unspecified atom stereocenters. The van der Waals surface area contributed by atoms with Crippen molar-refractivity contribution in [2.24, 2.45) is 0 Å². The molecule has 4 aromatic rings. The predicted molar refractivity (Wildman–Crippen MR) is 154 cm³/mol. The van der Waals surface area contributed by atoms with Crippen LogP contribution < -0.4 is 5.32 Å². The van der Waals surface area contributed by atoms with Crippen LogP contribution in [0.1, 0.15) is 56.5 Å². The Kier molecular flexibility index (Phi) is 7.07. The van der Waals surface area contributed by atoms with Crippen LogP contribution in [0.2, 0.25) is 0 Å². The lowest BCUT2D eigenvalue weighted by Crippen LogP contribution is -2.55. The summed E-state index contributed by atoms with van der Waals surface area (Å²) in [7, 11) is 0. The topological polar surface area (TPSA) is 99.7 Å². The number of carbonyl (C=O) groups is 2. The quantitative estimate of drug-likeness (QED) is 0.342. The van der Waals surface area contributed by atoms with Gasteiger partial charge in [0.15, 0.2) is 0 Å². The number of nitrogens with zero attached hydrogens (tertiary/aromatic N) is 4. The predicted octanol–water partition coefficient (Wildman–Crippen LogP) is 6.06. The first kappa shape index (κ1) is 26.9. The van der Waals surface area contributed by atoms with E-state index in [0.717, 1.165) is 28.0 Å². The summed E-state index contributed by atoms with van der Waals surface area (Å²) >= 11 is 0. The Balaban J connectivity index is 1.27. The largest absolute Gasteiger partial charge is 0.444 e. The van der Waals surface area contributed by atoms with Gasteiger partial charge in [-0.25, -0.2) is 9.78 Å². The Morgan fingerprint density at radius 3 is 2.20 bits per heavy atom. The summed E-state index contributed by atoms with van der Waals surface area (Å²) in [6, 6.07) is 21.2. The third kappa shape index (κ3) is 5.84. The fourth-order valence-electron chi connectivity index (χ4n) is 4.95. The third-order valence-corrected chi connectivity index (χ3v) is 7.24. The number of likely N-dealkylation sites (tertiary alicyclic amines) is 1. The van der Waals surface area contributed by atoms with Crippen molar-refractivity contribution < 1.29 is 14.3 Å². The van der Waals surface area contributed by atoms with E-state index >= 15 is 0 Å². The Bertz CT molecular complexity index is 1580. The zero-order valence-corrected chi connectivity index (χ0v) is 23.3. The van der Waals surface area contributed by atoms with Crippen LogP contribution in [0.15, 0.2) is 73.1 Å². The SMILES string of the molecule is CC1(NC(=O)OC(C)(C)C)CCN(C(=O)c2ccc(-c3ccc4ncc(-c5ccc(C#N)cc5)n4c3)cc2)CC1. The Labute approximate surface area is 234 Å². The smallest absolute Gasteiger partial charge is 0.408 e. The molecule has 2 aromatic heterocycles. The van der Waals surface area contributed by atoms with Crippen LogP contribution in [0.3, 0.4) is 0 Å². The molecule has 0 radical (unpaired) electrons. The monoisotopic (exact) mass is 535 g/mol. The highest BCUT2D eigenvalue weighted by molar-refractivity contribution is 5.94. The average Bonchev–Trinajstić information content (AvgIpc) is 3.35. The minimum atomic E-state index is -0.554. The van der Waals surface area contributed by atoms with Gasteiger partial charge in [0.05, 0.1) is 23.5 Å². The van der Waals surface area contributed by atoms with Crippen molar-refractivity contribution in [1.29, 1.82) is 5.26 Å². The molecule has 2 amide bonds. The number of pyridine rings is 1.